The maximum atomic E-state index is 12.2. The second-order valence-electron chi connectivity index (χ2n) is 5.26. The van der Waals surface area contributed by atoms with Crippen molar-refractivity contribution in [3.63, 3.8) is 0 Å². The zero-order valence-electron chi connectivity index (χ0n) is 11.8. The molecule has 0 spiro atoms. The lowest BCUT2D eigenvalue weighted by Crippen LogP contribution is -2.50. The van der Waals surface area contributed by atoms with Crippen LogP contribution >= 0.6 is 11.6 Å². The minimum Gasteiger partial charge on any atom is -0.398 e. The van der Waals surface area contributed by atoms with E-state index in [-0.39, 0.29) is 17.1 Å². The first-order valence-corrected chi connectivity index (χ1v) is 9.61. The highest BCUT2D eigenvalue weighted by atomic mass is 35.5. The molecule has 1 rings (SSSR count). The van der Waals surface area contributed by atoms with Crippen LogP contribution in [0.3, 0.4) is 0 Å². The normalized spacial score (nSPS) is 13.3. The first kappa shape index (κ1) is 18.2. The molecule has 120 valence electrons. The van der Waals surface area contributed by atoms with Crippen LogP contribution in [0.2, 0.25) is 5.02 Å². The molecule has 0 aliphatic rings. The molecule has 0 aliphatic carbocycles. The monoisotopic (exact) mass is 355 g/mol. The molecule has 10 heteroatoms. The smallest absolute Gasteiger partial charge is 0.242 e. The van der Waals surface area contributed by atoms with Gasteiger partial charge in [-0.1, -0.05) is 11.6 Å². The van der Waals surface area contributed by atoms with E-state index in [0.717, 1.165) is 6.26 Å². The van der Waals surface area contributed by atoms with Gasteiger partial charge in [-0.3, -0.25) is 0 Å². The minimum absolute atomic E-state index is 0.0175. The van der Waals surface area contributed by atoms with Gasteiger partial charge in [0, 0.05) is 17.1 Å². The summed E-state index contributed by atoms with van der Waals surface area (Å²) in [4.78, 5) is -0.109. The van der Waals surface area contributed by atoms with Gasteiger partial charge in [-0.2, -0.15) is 0 Å². The molecule has 1 aromatic rings. The fraction of sp³-hybridized carbons (Fsp3) is 0.455. The molecule has 0 bridgehead atoms. The van der Waals surface area contributed by atoms with Gasteiger partial charge in [-0.25, -0.2) is 26.3 Å². The highest BCUT2D eigenvalue weighted by Crippen LogP contribution is 2.22. The Labute approximate surface area is 130 Å². The lowest BCUT2D eigenvalue weighted by molar-refractivity contribution is 0.446. The summed E-state index contributed by atoms with van der Waals surface area (Å²) in [5.41, 5.74) is 4.67. The topological polar surface area (TPSA) is 118 Å². The number of halogens is 1. The van der Waals surface area contributed by atoms with Crippen LogP contribution in [0, 0.1) is 0 Å². The Morgan fingerprint density at radius 3 is 2.29 bits per heavy atom. The largest absolute Gasteiger partial charge is 0.398 e. The van der Waals surface area contributed by atoms with Crippen molar-refractivity contribution in [2.24, 2.45) is 0 Å². The first-order chi connectivity index (χ1) is 9.32. The van der Waals surface area contributed by atoms with E-state index in [0.29, 0.717) is 5.02 Å². The fourth-order valence-electron chi connectivity index (χ4n) is 1.66. The molecule has 0 radical (unpaired) electrons. The SMILES string of the molecule is CC(C)(CNS(=O)(=O)c1ccc(Cl)cc1N)NS(C)(=O)=O. The summed E-state index contributed by atoms with van der Waals surface area (Å²) in [7, 11) is -7.32. The van der Waals surface area contributed by atoms with E-state index < -0.39 is 25.6 Å². The number of hydrogen-bond acceptors (Lipinski definition) is 5. The zero-order valence-corrected chi connectivity index (χ0v) is 14.2. The summed E-state index contributed by atoms with van der Waals surface area (Å²) in [5, 5.41) is 0.325. The number of anilines is 1. The molecular formula is C11H18ClN3O4S2. The van der Waals surface area contributed by atoms with E-state index in [2.05, 4.69) is 9.44 Å². The van der Waals surface area contributed by atoms with Crippen molar-refractivity contribution < 1.29 is 16.8 Å². The molecule has 0 aliphatic heterocycles. The van der Waals surface area contributed by atoms with Crippen LogP contribution in [0.25, 0.3) is 0 Å². The van der Waals surface area contributed by atoms with Crippen molar-refractivity contribution in [2.45, 2.75) is 24.3 Å². The maximum Gasteiger partial charge on any atom is 0.242 e. The average molecular weight is 356 g/mol. The third kappa shape index (κ3) is 5.79. The van der Waals surface area contributed by atoms with Crippen LogP contribution in [0.1, 0.15) is 13.8 Å². The lowest BCUT2D eigenvalue weighted by Gasteiger charge is -2.25. The molecule has 0 amide bonds. The Kier molecular flexibility index (Phi) is 5.27. The molecule has 7 nitrogen and oxygen atoms in total. The number of nitrogens with one attached hydrogen (secondary N) is 2. The van der Waals surface area contributed by atoms with Crippen molar-refractivity contribution in [2.75, 3.05) is 18.5 Å². The molecule has 0 heterocycles. The van der Waals surface area contributed by atoms with Gasteiger partial charge in [0.1, 0.15) is 4.90 Å². The quantitative estimate of drug-likeness (QED) is 0.643. The van der Waals surface area contributed by atoms with E-state index in [1.165, 1.54) is 18.2 Å². The van der Waals surface area contributed by atoms with E-state index >= 15 is 0 Å². The summed E-state index contributed by atoms with van der Waals surface area (Å²) in [6, 6.07) is 4.03. The van der Waals surface area contributed by atoms with Gasteiger partial charge >= 0.3 is 0 Å². The predicted molar refractivity (Wildman–Crippen MR) is 83.1 cm³/mol. The second kappa shape index (κ2) is 6.09. The van der Waals surface area contributed by atoms with Crippen LogP contribution in [-0.2, 0) is 20.0 Å². The highest BCUT2D eigenvalue weighted by Gasteiger charge is 2.26. The summed E-state index contributed by atoms with van der Waals surface area (Å²) in [5.74, 6) is 0. The van der Waals surface area contributed by atoms with Crippen LogP contribution < -0.4 is 15.2 Å². The van der Waals surface area contributed by atoms with Crippen LogP contribution in [-0.4, -0.2) is 35.2 Å². The molecule has 0 saturated carbocycles. The molecular weight excluding hydrogens is 338 g/mol. The summed E-state index contributed by atoms with van der Waals surface area (Å²) in [6.45, 7) is 2.98. The van der Waals surface area contributed by atoms with Crippen molar-refractivity contribution >= 4 is 37.3 Å². The number of hydrogen-bond donors (Lipinski definition) is 3. The van der Waals surface area contributed by atoms with Gasteiger partial charge in [-0.05, 0) is 32.0 Å². The molecule has 0 fully saturated rings. The maximum absolute atomic E-state index is 12.2. The molecule has 4 N–H and O–H groups in total. The van der Waals surface area contributed by atoms with E-state index in [1.807, 2.05) is 0 Å². The van der Waals surface area contributed by atoms with Crippen LogP contribution in [0.15, 0.2) is 23.1 Å². The van der Waals surface area contributed by atoms with Gasteiger partial charge in [0.15, 0.2) is 0 Å². The van der Waals surface area contributed by atoms with E-state index in [1.54, 1.807) is 13.8 Å². The van der Waals surface area contributed by atoms with Gasteiger partial charge in [-0.15, -0.1) is 0 Å². The van der Waals surface area contributed by atoms with E-state index in [9.17, 15) is 16.8 Å². The van der Waals surface area contributed by atoms with Gasteiger partial charge < -0.3 is 5.73 Å². The van der Waals surface area contributed by atoms with E-state index in [4.69, 9.17) is 17.3 Å². The third-order valence-corrected chi connectivity index (χ3v) is 5.06. The summed E-state index contributed by atoms with van der Waals surface area (Å²) >= 11 is 5.72. The number of rotatable bonds is 6. The Morgan fingerprint density at radius 1 is 1.24 bits per heavy atom. The molecule has 0 saturated heterocycles. The molecule has 0 aromatic heterocycles. The first-order valence-electron chi connectivity index (χ1n) is 5.86. The number of benzene rings is 1. The van der Waals surface area contributed by atoms with Gasteiger partial charge in [0.25, 0.3) is 0 Å². The fourth-order valence-corrected chi connectivity index (χ4v) is 4.23. The highest BCUT2D eigenvalue weighted by molar-refractivity contribution is 7.89. The minimum atomic E-state index is -3.86. The lowest BCUT2D eigenvalue weighted by atomic mass is 10.1. The number of nitrogen functional groups attached to an aromatic ring is 1. The van der Waals surface area contributed by atoms with Crippen LogP contribution in [0.5, 0.6) is 0 Å². The number of sulfonamides is 2. The molecule has 0 unspecified atom stereocenters. The Morgan fingerprint density at radius 2 is 1.81 bits per heavy atom. The predicted octanol–water partition coefficient (Wildman–Crippen LogP) is 0.528. The summed E-state index contributed by atoms with van der Waals surface area (Å²) in [6.07, 6.45) is 1.00. The zero-order chi connectivity index (χ0) is 16.5. The molecule has 0 atom stereocenters. The van der Waals surface area contributed by atoms with Gasteiger partial charge in [0.2, 0.25) is 20.0 Å². The third-order valence-electron chi connectivity index (χ3n) is 2.43. The Hall–Kier alpha value is -0.870. The summed E-state index contributed by atoms with van der Waals surface area (Å²) < 4.78 is 51.4. The van der Waals surface area contributed by atoms with Gasteiger partial charge in [0.05, 0.1) is 11.9 Å². The average Bonchev–Trinajstić information content (AvgIpc) is 2.23. The van der Waals surface area contributed by atoms with Crippen LogP contribution in [0.4, 0.5) is 5.69 Å². The van der Waals surface area contributed by atoms with Crippen molar-refractivity contribution in [1.82, 2.24) is 9.44 Å². The van der Waals surface area contributed by atoms with Crippen molar-refractivity contribution in [1.29, 1.82) is 0 Å². The number of nitrogens with two attached hydrogens (primary N) is 1. The standard InChI is InChI=1S/C11H18ClN3O4S2/c1-11(2,15-20(3,16)17)7-14-21(18,19)10-5-4-8(12)6-9(10)13/h4-6,14-15H,7,13H2,1-3H3. The Bertz CT molecular complexity index is 730. The molecule has 21 heavy (non-hydrogen) atoms. The molecule has 1 aromatic carbocycles. The van der Waals surface area contributed by atoms with Crippen molar-refractivity contribution in [3.05, 3.63) is 23.2 Å². The van der Waals surface area contributed by atoms with Crippen molar-refractivity contribution in [3.8, 4) is 0 Å². The Balaban J connectivity index is 2.91. The second-order valence-corrected chi connectivity index (χ2v) is 9.19.